The molecule has 0 aliphatic heterocycles. The minimum absolute atomic E-state index is 0.289. The largest absolute Gasteiger partial charge is 0.467 e. The lowest BCUT2D eigenvalue weighted by atomic mass is 10.1. The van der Waals surface area contributed by atoms with E-state index < -0.39 is 30.5 Å². The Labute approximate surface area is 149 Å². The van der Waals surface area contributed by atoms with Gasteiger partial charge in [-0.3, -0.25) is 4.79 Å². The highest BCUT2D eigenvalue weighted by Gasteiger charge is 2.23. The van der Waals surface area contributed by atoms with Crippen molar-refractivity contribution >= 4 is 29.2 Å². The molecule has 25 heavy (non-hydrogen) atoms. The van der Waals surface area contributed by atoms with Crippen LogP contribution >= 0.6 is 11.3 Å². The smallest absolute Gasteiger partial charge is 0.349 e. The number of carbonyl (C=O) groups excluding carboxylic acids is 3. The quantitative estimate of drug-likeness (QED) is 0.764. The van der Waals surface area contributed by atoms with E-state index in [0.717, 1.165) is 11.1 Å². The van der Waals surface area contributed by atoms with E-state index in [1.807, 2.05) is 30.3 Å². The SMILES string of the molecule is COC(=O)[C@@H](Cc1ccccc1)NC(=O)COC(=O)c1sccc1C. The molecule has 6 nitrogen and oxygen atoms in total. The number of methoxy groups -OCH3 is 1. The molecule has 0 aliphatic rings. The predicted molar refractivity (Wildman–Crippen MR) is 93.4 cm³/mol. The van der Waals surface area contributed by atoms with Crippen LogP contribution in [0.15, 0.2) is 41.8 Å². The molecule has 2 rings (SSSR count). The lowest BCUT2D eigenvalue weighted by Gasteiger charge is -2.16. The van der Waals surface area contributed by atoms with Crippen molar-refractivity contribution in [3.05, 3.63) is 57.8 Å². The van der Waals surface area contributed by atoms with Gasteiger partial charge in [-0.05, 0) is 29.5 Å². The summed E-state index contributed by atoms with van der Waals surface area (Å²) >= 11 is 1.25. The van der Waals surface area contributed by atoms with Crippen molar-refractivity contribution in [3.63, 3.8) is 0 Å². The maximum absolute atomic E-state index is 12.0. The summed E-state index contributed by atoms with van der Waals surface area (Å²) in [6.45, 7) is 1.33. The van der Waals surface area contributed by atoms with Crippen LogP contribution in [0.25, 0.3) is 0 Å². The Morgan fingerprint density at radius 1 is 1.16 bits per heavy atom. The molecule has 0 fully saturated rings. The second kappa shape index (κ2) is 8.98. The third kappa shape index (κ3) is 5.42. The minimum atomic E-state index is -0.845. The lowest BCUT2D eigenvalue weighted by Crippen LogP contribution is -2.44. The van der Waals surface area contributed by atoms with Crippen LogP contribution in [0.3, 0.4) is 0 Å². The summed E-state index contributed by atoms with van der Waals surface area (Å²) < 4.78 is 9.73. The topological polar surface area (TPSA) is 81.7 Å². The average Bonchev–Trinajstić information content (AvgIpc) is 3.05. The van der Waals surface area contributed by atoms with E-state index in [4.69, 9.17) is 9.47 Å². The van der Waals surface area contributed by atoms with E-state index in [0.29, 0.717) is 4.88 Å². The summed E-state index contributed by atoms with van der Waals surface area (Å²) in [6.07, 6.45) is 0.289. The Kier molecular flexibility index (Phi) is 6.71. The summed E-state index contributed by atoms with van der Waals surface area (Å²) in [4.78, 5) is 36.3. The van der Waals surface area contributed by atoms with Crippen molar-refractivity contribution in [2.24, 2.45) is 0 Å². The Hall–Kier alpha value is -2.67. The highest BCUT2D eigenvalue weighted by Crippen LogP contribution is 2.16. The number of amides is 1. The number of aryl methyl sites for hydroxylation is 1. The normalized spacial score (nSPS) is 11.4. The summed E-state index contributed by atoms with van der Waals surface area (Å²) in [6, 6.07) is 10.2. The Morgan fingerprint density at radius 3 is 2.48 bits per heavy atom. The Bertz CT molecular complexity index is 741. The zero-order chi connectivity index (χ0) is 18.2. The molecule has 1 heterocycles. The van der Waals surface area contributed by atoms with E-state index >= 15 is 0 Å². The number of hydrogen-bond donors (Lipinski definition) is 1. The van der Waals surface area contributed by atoms with Crippen molar-refractivity contribution < 1.29 is 23.9 Å². The molecule has 132 valence electrons. The van der Waals surface area contributed by atoms with Gasteiger partial charge in [-0.2, -0.15) is 0 Å². The van der Waals surface area contributed by atoms with Crippen LogP contribution in [0.1, 0.15) is 20.8 Å². The maximum Gasteiger partial charge on any atom is 0.349 e. The first-order valence-electron chi connectivity index (χ1n) is 7.63. The fourth-order valence-corrected chi connectivity index (χ4v) is 3.02. The number of ether oxygens (including phenoxy) is 2. The Balaban J connectivity index is 1.91. The first-order valence-corrected chi connectivity index (χ1v) is 8.51. The zero-order valence-electron chi connectivity index (χ0n) is 14.0. The van der Waals surface area contributed by atoms with Gasteiger partial charge < -0.3 is 14.8 Å². The molecule has 0 saturated carbocycles. The number of hydrogen-bond acceptors (Lipinski definition) is 6. The van der Waals surface area contributed by atoms with Crippen LogP contribution < -0.4 is 5.32 Å². The number of rotatable bonds is 7. The Morgan fingerprint density at radius 2 is 1.88 bits per heavy atom. The van der Waals surface area contributed by atoms with E-state index in [9.17, 15) is 14.4 Å². The standard InChI is InChI=1S/C18H19NO5S/c1-12-8-9-25-16(12)18(22)24-11-15(20)19-14(17(21)23-2)10-13-6-4-3-5-7-13/h3-9,14H,10-11H2,1-2H3,(H,19,20)/t14-/m1/s1. The highest BCUT2D eigenvalue weighted by molar-refractivity contribution is 7.12. The van der Waals surface area contributed by atoms with Gasteiger partial charge in [0, 0.05) is 6.42 Å². The number of carbonyl (C=O) groups is 3. The van der Waals surface area contributed by atoms with Gasteiger partial charge in [-0.25, -0.2) is 9.59 Å². The van der Waals surface area contributed by atoms with Crippen LogP contribution in [0, 0.1) is 6.92 Å². The van der Waals surface area contributed by atoms with Crippen LogP contribution in [0.2, 0.25) is 0 Å². The number of esters is 2. The fourth-order valence-electron chi connectivity index (χ4n) is 2.20. The molecule has 0 saturated heterocycles. The molecule has 7 heteroatoms. The van der Waals surface area contributed by atoms with Crippen molar-refractivity contribution in [2.75, 3.05) is 13.7 Å². The second-order valence-electron chi connectivity index (χ2n) is 5.34. The van der Waals surface area contributed by atoms with Crippen LogP contribution in [-0.4, -0.2) is 37.6 Å². The van der Waals surface area contributed by atoms with E-state index in [1.54, 1.807) is 18.4 Å². The third-order valence-corrected chi connectivity index (χ3v) is 4.48. The summed E-state index contributed by atoms with van der Waals surface area (Å²) in [5.41, 5.74) is 1.68. The molecular formula is C18H19NO5S. The van der Waals surface area contributed by atoms with E-state index in [2.05, 4.69) is 5.32 Å². The molecule has 2 aromatic rings. The molecule has 1 amide bonds. The van der Waals surface area contributed by atoms with Crippen LogP contribution in [-0.2, 0) is 25.5 Å². The van der Waals surface area contributed by atoms with Gasteiger partial charge in [-0.1, -0.05) is 30.3 Å². The average molecular weight is 361 g/mol. The zero-order valence-corrected chi connectivity index (χ0v) is 14.8. The molecule has 1 atom stereocenters. The van der Waals surface area contributed by atoms with E-state index in [-0.39, 0.29) is 6.42 Å². The first-order chi connectivity index (χ1) is 12.0. The van der Waals surface area contributed by atoms with Crippen molar-refractivity contribution in [1.29, 1.82) is 0 Å². The van der Waals surface area contributed by atoms with Gasteiger partial charge in [0.1, 0.15) is 10.9 Å². The summed E-state index contributed by atoms with van der Waals surface area (Å²) in [7, 11) is 1.26. The van der Waals surface area contributed by atoms with Crippen molar-refractivity contribution in [3.8, 4) is 0 Å². The molecule has 1 aromatic heterocycles. The molecule has 0 spiro atoms. The third-order valence-electron chi connectivity index (χ3n) is 3.49. The van der Waals surface area contributed by atoms with Gasteiger partial charge in [-0.15, -0.1) is 11.3 Å². The number of nitrogens with one attached hydrogen (secondary N) is 1. The summed E-state index contributed by atoms with van der Waals surface area (Å²) in [5, 5.41) is 4.32. The van der Waals surface area contributed by atoms with Crippen LogP contribution in [0.4, 0.5) is 0 Å². The number of thiophene rings is 1. The molecule has 0 bridgehead atoms. The monoisotopic (exact) mass is 361 g/mol. The molecule has 0 unspecified atom stereocenters. The van der Waals surface area contributed by atoms with Crippen LogP contribution in [0.5, 0.6) is 0 Å². The van der Waals surface area contributed by atoms with E-state index in [1.165, 1.54) is 18.4 Å². The van der Waals surface area contributed by atoms with Gasteiger partial charge in [0.2, 0.25) is 0 Å². The molecular weight excluding hydrogens is 342 g/mol. The predicted octanol–water partition coefficient (Wildman–Crippen LogP) is 2.11. The highest BCUT2D eigenvalue weighted by atomic mass is 32.1. The minimum Gasteiger partial charge on any atom is -0.467 e. The van der Waals surface area contributed by atoms with Crippen molar-refractivity contribution in [2.45, 2.75) is 19.4 Å². The van der Waals surface area contributed by atoms with Gasteiger partial charge in [0.05, 0.1) is 7.11 Å². The molecule has 0 radical (unpaired) electrons. The fraction of sp³-hybridized carbons (Fsp3) is 0.278. The molecule has 1 aromatic carbocycles. The van der Waals surface area contributed by atoms with Gasteiger partial charge >= 0.3 is 11.9 Å². The van der Waals surface area contributed by atoms with Gasteiger partial charge in [0.25, 0.3) is 5.91 Å². The lowest BCUT2D eigenvalue weighted by molar-refractivity contribution is -0.145. The molecule has 0 aliphatic carbocycles. The molecule has 1 N–H and O–H groups in total. The second-order valence-corrected chi connectivity index (χ2v) is 6.26. The first kappa shape index (κ1) is 18.7. The number of benzene rings is 1. The van der Waals surface area contributed by atoms with Crippen molar-refractivity contribution in [1.82, 2.24) is 5.32 Å². The summed E-state index contributed by atoms with van der Waals surface area (Å²) in [5.74, 6) is -1.67. The maximum atomic E-state index is 12.0. The van der Waals surface area contributed by atoms with Gasteiger partial charge in [0.15, 0.2) is 6.61 Å².